The number of benzene rings is 2. The normalized spacial score (nSPS) is 20.0. The van der Waals surface area contributed by atoms with Crippen molar-refractivity contribution in [1.82, 2.24) is 9.40 Å². The minimum absolute atomic E-state index is 0.0679. The van der Waals surface area contributed by atoms with Crippen molar-refractivity contribution in [2.75, 3.05) is 0 Å². The zero-order chi connectivity index (χ0) is 22.6. The van der Waals surface area contributed by atoms with Gasteiger partial charge in [0.05, 0.1) is 15.5 Å². The van der Waals surface area contributed by atoms with Gasteiger partial charge in [-0.1, -0.05) is 5.16 Å². The molecule has 2 unspecified atom stereocenters. The first-order valence-electron chi connectivity index (χ1n) is 9.44. The number of hydrazone groups is 1. The number of phenolic OH excluding ortho intramolecular Hbond substituents is 1. The van der Waals surface area contributed by atoms with Gasteiger partial charge in [0.1, 0.15) is 17.2 Å². The van der Waals surface area contributed by atoms with E-state index in [0.29, 0.717) is 11.3 Å². The van der Waals surface area contributed by atoms with E-state index in [2.05, 4.69) is 15.2 Å². The van der Waals surface area contributed by atoms with E-state index >= 15 is 0 Å². The summed E-state index contributed by atoms with van der Waals surface area (Å²) in [6, 6.07) is 11.5. The van der Waals surface area contributed by atoms with E-state index in [4.69, 9.17) is 4.84 Å². The molecule has 3 aromatic rings. The molecule has 1 aromatic heterocycles. The predicted octanol–water partition coefficient (Wildman–Crippen LogP) is 2.93. The third-order valence-electron chi connectivity index (χ3n) is 5.38. The molecule has 2 aromatic carbocycles. The van der Waals surface area contributed by atoms with E-state index in [9.17, 15) is 23.6 Å². The Morgan fingerprint density at radius 3 is 2.62 bits per heavy atom. The summed E-state index contributed by atoms with van der Waals surface area (Å²) >= 11 is 0. The van der Waals surface area contributed by atoms with Gasteiger partial charge in [-0.15, -0.1) is 4.41 Å². The lowest BCUT2D eigenvalue weighted by Crippen LogP contribution is -2.32. The molecule has 0 radical (unpaired) electrons. The van der Waals surface area contributed by atoms with Gasteiger partial charge in [-0.3, -0.25) is 15.1 Å². The summed E-state index contributed by atoms with van der Waals surface area (Å²) in [7, 11) is -4.20. The lowest BCUT2D eigenvalue weighted by Gasteiger charge is -2.17. The maximum Gasteiger partial charge on any atom is 0.285 e. The molecule has 2 aliphatic heterocycles. The molecular weight excluding hydrogens is 438 g/mol. The summed E-state index contributed by atoms with van der Waals surface area (Å²) in [6.45, 7) is 1.67. The number of sulfonamides is 1. The van der Waals surface area contributed by atoms with Gasteiger partial charge in [-0.05, 0) is 48.9 Å². The number of fused-ring (bicyclic) bond motifs is 2. The Labute approximate surface area is 181 Å². The first-order chi connectivity index (χ1) is 15.3. The highest BCUT2D eigenvalue weighted by Crippen LogP contribution is 2.41. The molecular formula is C20H15N5O6S. The summed E-state index contributed by atoms with van der Waals surface area (Å²) in [5.41, 5.74) is 1.15. The molecule has 0 fully saturated rings. The smallest absolute Gasteiger partial charge is 0.285 e. The van der Waals surface area contributed by atoms with E-state index in [1.165, 1.54) is 30.5 Å². The lowest BCUT2D eigenvalue weighted by molar-refractivity contribution is -0.384. The van der Waals surface area contributed by atoms with Crippen molar-refractivity contribution >= 4 is 38.2 Å². The van der Waals surface area contributed by atoms with Crippen molar-refractivity contribution in [3.8, 4) is 5.75 Å². The van der Waals surface area contributed by atoms with Crippen molar-refractivity contribution in [2.24, 2.45) is 16.2 Å². The van der Waals surface area contributed by atoms with Crippen LogP contribution in [0.1, 0.15) is 18.6 Å². The van der Waals surface area contributed by atoms with Gasteiger partial charge < -0.3 is 9.94 Å². The number of nitrogens with zero attached hydrogens (tertiary/aromatic N) is 5. The third-order valence-corrected chi connectivity index (χ3v) is 7.02. The average molecular weight is 453 g/mol. The summed E-state index contributed by atoms with van der Waals surface area (Å²) in [5, 5.41) is 29.4. The van der Waals surface area contributed by atoms with Gasteiger partial charge in [0.15, 0.2) is 11.9 Å². The van der Waals surface area contributed by atoms with Crippen LogP contribution in [0.15, 0.2) is 69.9 Å². The van der Waals surface area contributed by atoms with E-state index in [1.807, 2.05) is 0 Å². The zero-order valence-corrected chi connectivity index (χ0v) is 17.3. The standard InChI is InChI=1S/C20H15N5O6S/c1-11-17-19(12-4-6-13(7-5-12)25(27)28)31-23-20(17)24(22-11)32(29,30)16-9-8-15(26)18-14(16)3-2-10-21-18/h2-10,17,19,26H,1H3. The highest BCUT2D eigenvalue weighted by atomic mass is 32.2. The van der Waals surface area contributed by atoms with Crippen LogP contribution < -0.4 is 0 Å². The molecule has 1 N–H and O–H groups in total. The number of nitro benzene ring substituents is 1. The number of nitro groups is 1. The van der Waals surface area contributed by atoms with E-state index in [0.717, 1.165) is 4.41 Å². The van der Waals surface area contributed by atoms with Crippen LogP contribution in [-0.4, -0.2) is 39.4 Å². The second kappa shape index (κ2) is 6.99. The Balaban J connectivity index is 1.52. The Morgan fingerprint density at radius 2 is 1.91 bits per heavy atom. The highest BCUT2D eigenvalue weighted by molar-refractivity contribution is 7.90. The van der Waals surface area contributed by atoms with Crippen LogP contribution in [0.5, 0.6) is 5.75 Å². The monoisotopic (exact) mass is 453 g/mol. The van der Waals surface area contributed by atoms with E-state index < -0.39 is 27.0 Å². The number of hydrogen-bond donors (Lipinski definition) is 1. The fourth-order valence-electron chi connectivity index (χ4n) is 3.85. The van der Waals surface area contributed by atoms with Crippen LogP contribution in [0.4, 0.5) is 5.69 Å². The van der Waals surface area contributed by atoms with E-state index in [1.54, 1.807) is 31.2 Å². The molecule has 0 spiro atoms. The Kier molecular flexibility index (Phi) is 4.34. The van der Waals surface area contributed by atoms with Crippen LogP contribution in [0, 0.1) is 16.0 Å². The SMILES string of the molecule is CC1=NN(S(=O)(=O)c2ccc(O)c3ncccc23)C2=NOC(c3ccc([N+](=O)[O-])cc3)C12. The van der Waals surface area contributed by atoms with Gasteiger partial charge in [-0.25, -0.2) is 0 Å². The fraction of sp³-hybridized carbons (Fsp3) is 0.150. The fourth-order valence-corrected chi connectivity index (χ4v) is 5.34. The maximum absolute atomic E-state index is 13.5. The number of rotatable bonds is 4. The largest absolute Gasteiger partial charge is 0.506 e. The number of phenols is 1. The van der Waals surface area contributed by atoms with Crippen LogP contribution >= 0.6 is 0 Å². The second-order valence-corrected chi connectivity index (χ2v) is 9.01. The highest BCUT2D eigenvalue weighted by Gasteiger charge is 2.49. The zero-order valence-electron chi connectivity index (χ0n) is 16.5. The lowest BCUT2D eigenvalue weighted by atomic mass is 9.92. The Hall–Kier alpha value is -4.06. The molecule has 11 nitrogen and oxygen atoms in total. The first kappa shape index (κ1) is 19.9. The first-order valence-corrected chi connectivity index (χ1v) is 10.9. The summed E-state index contributed by atoms with van der Waals surface area (Å²) < 4.78 is 27.8. The van der Waals surface area contributed by atoms with E-state index in [-0.39, 0.29) is 33.1 Å². The molecule has 0 aliphatic carbocycles. The molecule has 5 rings (SSSR count). The quantitative estimate of drug-likeness (QED) is 0.472. The van der Waals surface area contributed by atoms with Gasteiger partial charge >= 0.3 is 0 Å². The van der Waals surface area contributed by atoms with Gasteiger partial charge in [0.25, 0.3) is 15.7 Å². The van der Waals surface area contributed by atoms with Gasteiger partial charge in [-0.2, -0.15) is 13.5 Å². The molecule has 12 heteroatoms. The van der Waals surface area contributed by atoms with Crippen LogP contribution in [0.3, 0.4) is 0 Å². The van der Waals surface area contributed by atoms with Crippen molar-refractivity contribution in [3.05, 3.63) is 70.4 Å². The van der Waals surface area contributed by atoms with Crippen LogP contribution in [-0.2, 0) is 14.9 Å². The molecule has 0 bridgehead atoms. The number of pyridine rings is 1. The number of aromatic nitrogens is 1. The van der Waals surface area contributed by atoms with Gasteiger partial charge in [0.2, 0.25) is 0 Å². The summed E-state index contributed by atoms with van der Waals surface area (Å²) in [4.78, 5) is 19.9. The van der Waals surface area contributed by atoms with Crippen LogP contribution in [0.2, 0.25) is 0 Å². The molecule has 0 saturated heterocycles. The minimum Gasteiger partial charge on any atom is -0.506 e. The number of hydrogen-bond acceptors (Lipinski definition) is 9. The van der Waals surface area contributed by atoms with Crippen molar-refractivity contribution < 1.29 is 23.3 Å². The van der Waals surface area contributed by atoms with Gasteiger partial charge in [0, 0.05) is 23.7 Å². The maximum atomic E-state index is 13.5. The van der Waals surface area contributed by atoms with Crippen molar-refractivity contribution in [2.45, 2.75) is 17.9 Å². The summed E-state index contributed by atoms with van der Waals surface area (Å²) in [5.74, 6) is -0.623. The second-order valence-electron chi connectivity index (χ2n) is 7.27. The molecule has 3 heterocycles. The topological polar surface area (TPSA) is 148 Å². The molecule has 162 valence electrons. The third kappa shape index (κ3) is 2.87. The molecule has 32 heavy (non-hydrogen) atoms. The molecule has 2 atom stereocenters. The minimum atomic E-state index is -4.20. The molecule has 0 saturated carbocycles. The van der Waals surface area contributed by atoms with Crippen molar-refractivity contribution in [3.63, 3.8) is 0 Å². The predicted molar refractivity (Wildman–Crippen MR) is 113 cm³/mol. The molecule has 0 amide bonds. The molecule has 2 aliphatic rings. The number of oxime groups is 1. The Bertz CT molecular complexity index is 1430. The number of non-ortho nitro benzene ring substituents is 1. The average Bonchev–Trinajstić information content (AvgIpc) is 3.36. The van der Waals surface area contributed by atoms with Crippen molar-refractivity contribution in [1.29, 1.82) is 0 Å². The number of amidine groups is 1. The summed E-state index contributed by atoms with van der Waals surface area (Å²) in [6.07, 6.45) is 0.782. The Morgan fingerprint density at radius 1 is 1.16 bits per heavy atom. The van der Waals surface area contributed by atoms with Crippen LogP contribution in [0.25, 0.3) is 10.9 Å². The number of aromatic hydroxyl groups is 1.